The van der Waals surface area contributed by atoms with Crippen molar-refractivity contribution in [3.63, 3.8) is 0 Å². The summed E-state index contributed by atoms with van der Waals surface area (Å²) in [7, 11) is 0. The number of nitrogens with zero attached hydrogens (tertiary/aromatic N) is 2. The van der Waals surface area contributed by atoms with Crippen molar-refractivity contribution in [2.75, 3.05) is 5.32 Å². The highest BCUT2D eigenvalue weighted by molar-refractivity contribution is 5.89. The van der Waals surface area contributed by atoms with E-state index in [9.17, 15) is 0 Å². The van der Waals surface area contributed by atoms with Crippen LogP contribution in [0, 0.1) is 6.92 Å². The number of hydrogen-bond acceptors (Lipinski definition) is 3. The lowest BCUT2D eigenvalue weighted by Gasteiger charge is -2.05. The Morgan fingerprint density at radius 3 is 2.80 bits per heavy atom. The molecule has 0 spiro atoms. The largest absolute Gasteiger partial charge is 0.346 e. The molecule has 0 atom stereocenters. The van der Waals surface area contributed by atoms with E-state index >= 15 is 0 Å². The molecule has 0 bridgehead atoms. The summed E-state index contributed by atoms with van der Waals surface area (Å²) in [6.45, 7) is 3.86. The van der Waals surface area contributed by atoms with Crippen LogP contribution in [0.15, 0.2) is 36.5 Å². The molecule has 76 valence electrons. The number of benzene rings is 1. The molecule has 0 amide bonds. The van der Waals surface area contributed by atoms with Gasteiger partial charge in [0.1, 0.15) is 11.6 Å². The van der Waals surface area contributed by atoms with E-state index < -0.39 is 0 Å². The molecule has 3 nitrogen and oxygen atoms in total. The monoisotopic (exact) mass is 199 g/mol. The second kappa shape index (κ2) is 4.09. The molecular formula is C12H13N3. The fourth-order valence-corrected chi connectivity index (χ4v) is 1.47. The molecule has 0 aliphatic heterocycles. The summed E-state index contributed by atoms with van der Waals surface area (Å²) in [5.41, 5.74) is 0.969. The van der Waals surface area contributed by atoms with E-state index in [1.54, 1.807) is 0 Å². The molecule has 0 radical (unpaired) electrons. The molecule has 1 heterocycles. The lowest BCUT2D eigenvalue weighted by Crippen LogP contribution is -1.97. The summed E-state index contributed by atoms with van der Waals surface area (Å²) in [6, 6.07) is 7.97. The minimum atomic E-state index is 0.778. The van der Waals surface area contributed by atoms with Crippen molar-refractivity contribution in [2.45, 2.75) is 13.8 Å². The second-order valence-corrected chi connectivity index (χ2v) is 3.28. The number of allylic oxidation sites excluding steroid dienone is 1. The summed E-state index contributed by atoms with van der Waals surface area (Å²) in [5.74, 6) is 1.64. The number of aromatic nitrogens is 2. The van der Waals surface area contributed by atoms with Gasteiger partial charge in [0.2, 0.25) is 0 Å². The maximum Gasteiger partial charge on any atom is 0.141 e. The molecule has 0 saturated carbocycles. The van der Waals surface area contributed by atoms with E-state index in [0.29, 0.717) is 0 Å². The van der Waals surface area contributed by atoms with Crippen molar-refractivity contribution in [3.8, 4) is 0 Å². The van der Waals surface area contributed by atoms with Crippen LogP contribution in [0.1, 0.15) is 12.7 Å². The van der Waals surface area contributed by atoms with Crippen LogP contribution in [0.25, 0.3) is 10.9 Å². The summed E-state index contributed by atoms with van der Waals surface area (Å²) >= 11 is 0. The van der Waals surface area contributed by atoms with Gasteiger partial charge >= 0.3 is 0 Å². The van der Waals surface area contributed by atoms with Crippen LogP contribution in [-0.2, 0) is 0 Å². The van der Waals surface area contributed by atoms with Gasteiger partial charge in [0.05, 0.1) is 5.52 Å². The van der Waals surface area contributed by atoms with E-state index in [2.05, 4.69) is 15.3 Å². The van der Waals surface area contributed by atoms with Gasteiger partial charge in [-0.2, -0.15) is 0 Å². The average Bonchev–Trinajstić information content (AvgIpc) is 2.25. The SMILES string of the molecule is C/C=C/Nc1nc(C)nc2ccccc12. The fourth-order valence-electron chi connectivity index (χ4n) is 1.47. The zero-order valence-electron chi connectivity index (χ0n) is 8.86. The first-order chi connectivity index (χ1) is 7.31. The molecule has 0 unspecified atom stereocenters. The zero-order valence-corrected chi connectivity index (χ0v) is 8.86. The van der Waals surface area contributed by atoms with Crippen LogP contribution in [0.2, 0.25) is 0 Å². The van der Waals surface area contributed by atoms with Gasteiger partial charge < -0.3 is 5.32 Å². The number of rotatable bonds is 2. The standard InChI is InChI=1S/C12H13N3/c1-3-8-13-12-10-6-4-5-7-11(10)14-9(2)15-12/h3-8H,1-2H3,(H,13,14,15)/b8-3+. The molecule has 0 aliphatic rings. The summed E-state index contributed by atoms with van der Waals surface area (Å²) in [4.78, 5) is 8.73. The maximum absolute atomic E-state index is 4.37. The van der Waals surface area contributed by atoms with Gasteiger partial charge in [-0.3, -0.25) is 0 Å². The van der Waals surface area contributed by atoms with Crippen molar-refractivity contribution >= 4 is 16.7 Å². The van der Waals surface area contributed by atoms with Crippen molar-refractivity contribution in [1.82, 2.24) is 9.97 Å². The van der Waals surface area contributed by atoms with E-state index in [1.165, 1.54) is 0 Å². The fraction of sp³-hybridized carbons (Fsp3) is 0.167. The van der Waals surface area contributed by atoms with Crippen LogP contribution >= 0.6 is 0 Å². The minimum Gasteiger partial charge on any atom is -0.346 e. The Morgan fingerprint density at radius 2 is 2.00 bits per heavy atom. The smallest absolute Gasteiger partial charge is 0.141 e. The van der Waals surface area contributed by atoms with Crippen molar-refractivity contribution in [2.24, 2.45) is 0 Å². The minimum absolute atomic E-state index is 0.778. The lowest BCUT2D eigenvalue weighted by molar-refractivity contribution is 1.09. The highest BCUT2D eigenvalue weighted by atomic mass is 15.0. The van der Waals surface area contributed by atoms with E-state index in [1.807, 2.05) is 50.4 Å². The van der Waals surface area contributed by atoms with Crippen LogP contribution in [0.3, 0.4) is 0 Å². The van der Waals surface area contributed by atoms with Gasteiger partial charge in [-0.1, -0.05) is 18.2 Å². The van der Waals surface area contributed by atoms with Crippen molar-refractivity contribution in [1.29, 1.82) is 0 Å². The highest BCUT2D eigenvalue weighted by Gasteiger charge is 2.02. The third-order valence-electron chi connectivity index (χ3n) is 2.10. The first-order valence-corrected chi connectivity index (χ1v) is 4.92. The summed E-state index contributed by atoms with van der Waals surface area (Å²) in [5, 5.41) is 4.19. The number of para-hydroxylation sites is 1. The Bertz CT molecular complexity index is 503. The highest BCUT2D eigenvalue weighted by Crippen LogP contribution is 2.19. The van der Waals surface area contributed by atoms with Crippen LogP contribution in [-0.4, -0.2) is 9.97 Å². The Hall–Kier alpha value is -1.90. The topological polar surface area (TPSA) is 37.8 Å². The first kappa shape index (κ1) is 9.65. The predicted molar refractivity (Wildman–Crippen MR) is 62.7 cm³/mol. The molecule has 0 fully saturated rings. The molecule has 1 aromatic heterocycles. The van der Waals surface area contributed by atoms with Crippen LogP contribution < -0.4 is 5.32 Å². The van der Waals surface area contributed by atoms with Crippen molar-refractivity contribution in [3.05, 3.63) is 42.4 Å². The molecule has 1 aromatic carbocycles. The predicted octanol–water partition coefficient (Wildman–Crippen LogP) is 2.88. The Balaban J connectivity index is 2.60. The first-order valence-electron chi connectivity index (χ1n) is 4.92. The third kappa shape index (κ3) is 1.96. The third-order valence-corrected chi connectivity index (χ3v) is 2.10. The molecule has 3 heteroatoms. The second-order valence-electron chi connectivity index (χ2n) is 3.28. The quantitative estimate of drug-likeness (QED) is 0.808. The number of fused-ring (bicyclic) bond motifs is 1. The van der Waals surface area contributed by atoms with Gasteiger partial charge in [0.15, 0.2) is 0 Å². The number of aryl methyl sites for hydroxylation is 1. The number of hydrogen-bond donors (Lipinski definition) is 1. The van der Waals surface area contributed by atoms with Gasteiger partial charge in [0, 0.05) is 5.39 Å². The van der Waals surface area contributed by atoms with Gasteiger partial charge in [-0.25, -0.2) is 9.97 Å². The Morgan fingerprint density at radius 1 is 1.20 bits per heavy atom. The zero-order chi connectivity index (χ0) is 10.7. The maximum atomic E-state index is 4.37. The van der Waals surface area contributed by atoms with E-state index in [4.69, 9.17) is 0 Å². The number of nitrogens with one attached hydrogen (secondary N) is 1. The van der Waals surface area contributed by atoms with Crippen LogP contribution in [0.5, 0.6) is 0 Å². The van der Waals surface area contributed by atoms with Gasteiger partial charge in [0.25, 0.3) is 0 Å². The van der Waals surface area contributed by atoms with E-state index in [0.717, 1.165) is 22.5 Å². The van der Waals surface area contributed by atoms with Crippen LogP contribution in [0.4, 0.5) is 5.82 Å². The average molecular weight is 199 g/mol. The molecule has 0 aliphatic carbocycles. The van der Waals surface area contributed by atoms with Gasteiger partial charge in [-0.15, -0.1) is 0 Å². The number of anilines is 1. The summed E-state index contributed by atoms with van der Waals surface area (Å²) in [6.07, 6.45) is 3.81. The van der Waals surface area contributed by atoms with Crippen molar-refractivity contribution < 1.29 is 0 Å². The normalized spacial score (nSPS) is 11.1. The van der Waals surface area contributed by atoms with E-state index in [-0.39, 0.29) is 0 Å². The molecule has 0 saturated heterocycles. The molecule has 15 heavy (non-hydrogen) atoms. The molecule has 2 aromatic rings. The molecule has 2 rings (SSSR count). The lowest BCUT2D eigenvalue weighted by atomic mass is 10.2. The Labute approximate surface area is 88.9 Å². The van der Waals surface area contributed by atoms with Gasteiger partial charge in [-0.05, 0) is 32.2 Å². The molecule has 1 N–H and O–H groups in total. The summed E-state index contributed by atoms with van der Waals surface area (Å²) < 4.78 is 0. The molecular weight excluding hydrogens is 186 g/mol. The Kier molecular flexibility index (Phi) is 2.63.